The molecule has 33 heavy (non-hydrogen) atoms. The monoisotopic (exact) mass is 460 g/mol. The first kappa shape index (κ1) is 22.8. The first-order valence-electron chi connectivity index (χ1n) is 11.2. The van der Waals surface area contributed by atoms with E-state index in [0.717, 1.165) is 30.5 Å². The molecule has 0 aliphatic carbocycles. The Morgan fingerprint density at radius 1 is 0.879 bits per heavy atom. The van der Waals surface area contributed by atoms with E-state index in [1.54, 1.807) is 29.0 Å². The van der Waals surface area contributed by atoms with Crippen molar-refractivity contribution in [3.05, 3.63) is 96.2 Å². The van der Waals surface area contributed by atoms with Gasteiger partial charge in [-0.3, -0.25) is 4.79 Å². The van der Waals surface area contributed by atoms with Gasteiger partial charge in [-0.05, 0) is 42.2 Å². The zero-order chi connectivity index (χ0) is 23.3. The van der Waals surface area contributed by atoms with Crippen molar-refractivity contribution in [2.45, 2.75) is 43.4 Å². The minimum absolute atomic E-state index is 0.0267. The van der Waals surface area contributed by atoms with E-state index in [1.165, 1.54) is 5.56 Å². The Balaban J connectivity index is 1.54. The number of para-hydroxylation sites is 1. The maximum atomic E-state index is 13.2. The fourth-order valence-electron chi connectivity index (χ4n) is 3.95. The number of nitrogens with zero attached hydrogens (tertiary/aromatic N) is 1. The average molecular weight is 461 g/mol. The summed E-state index contributed by atoms with van der Waals surface area (Å²) in [4.78, 5) is 13.0. The van der Waals surface area contributed by atoms with Gasteiger partial charge in [0, 0.05) is 22.8 Å². The summed E-state index contributed by atoms with van der Waals surface area (Å²) in [6.07, 6.45) is 4.89. The van der Waals surface area contributed by atoms with Crippen molar-refractivity contribution >= 4 is 32.3 Å². The van der Waals surface area contributed by atoms with Gasteiger partial charge in [-0.1, -0.05) is 74.0 Å². The highest BCUT2D eigenvalue weighted by Crippen LogP contribution is 2.28. The van der Waals surface area contributed by atoms with Gasteiger partial charge in [0.15, 0.2) is 9.84 Å². The van der Waals surface area contributed by atoms with Crippen molar-refractivity contribution in [3.8, 4) is 0 Å². The molecule has 0 aliphatic rings. The van der Waals surface area contributed by atoms with Crippen LogP contribution in [0.4, 0.5) is 5.69 Å². The van der Waals surface area contributed by atoms with Crippen molar-refractivity contribution in [1.82, 2.24) is 4.57 Å². The number of sulfone groups is 1. The summed E-state index contributed by atoms with van der Waals surface area (Å²) in [5.74, 6) is -0.289. The van der Waals surface area contributed by atoms with Crippen LogP contribution >= 0.6 is 0 Å². The molecular weight excluding hydrogens is 432 g/mol. The van der Waals surface area contributed by atoms with E-state index in [0.29, 0.717) is 10.9 Å². The first-order valence-corrected chi connectivity index (χ1v) is 12.8. The second kappa shape index (κ2) is 10.0. The molecule has 0 spiro atoms. The van der Waals surface area contributed by atoms with Crippen LogP contribution in [0.1, 0.15) is 30.9 Å². The molecule has 1 heterocycles. The Morgan fingerprint density at radius 3 is 2.30 bits per heavy atom. The molecular formula is C27H28N2O3S. The summed E-state index contributed by atoms with van der Waals surface area (Å²) in [6, 6.07) is 24.3. The molecule has 0 aliphatic heterocycles. The van der Waals surface area contributed by atoms with Crippen LogP contribution in [0.15, 0.2) is 90.0 Å². The van der Waals surface area contributed by atoms with Crippen molar-refractivity contribution in [1.29, 1.82) is 0 Å². The van der Waals surface area contributed by atoms with Crippen LogP contribution in [0.2, 0.25) is 0 Å². The SMILES string of the molecule is CCCCc1ccc(NC(=O)Cn2cc(S(=O)(=O)Cc3ccccc3)c3ccccc32)cc1. The molecule has 170 valence electrons. The zero-order valence-electron chi connectivity index (χ0n) is 18.7. The van der Waals surface area contributed by atoms with Crippen LogP contribution in [-0.4, -0.2) is 18.9 Å². The van der Waals surface area contributed by atoms with Crippen LogP contribution in [0.3, 0.4) is 0 Å². The standard InChI is InChI=1S/C27H28N2O3S/c1-2-3-9-21-14-16-23(17-15-21)28-27(30)19-29-18-26(24-12-7-8-13-25(24)29)33(31,32)20-22-10-5-4-6-11-22/h4-8,10-18H,2-3,9,19-20H2,1H3,(H,28,30). The van der Waals surface area contributed by atoms with E-state index in [2.05, 4.69) is 12.2 Å². The maximum Gasteiger partial charge on any atom is 0.244 e. The van der Waals surface area contributed by atoms with Gasteiger partial charge in [0.1, 0.15) is 6.54 Å². The highest BCUT2D eigenvalue weighted by atomic mass is 32.2. The molecule has 0 radical (unpaired) electrons. The van der Waals surface area contributed by atoms with E-state index >= 15 is 0 Å². The number of rotatable bonds is 9. The molecule has 1 amide bonds. The van der Waals surface area contributed by atoms with E-state index in [4.69, 9.17) is 0 Å². The third-order valence-corrected chi connectivity index (χ3v) is 7.37. The van der Waals surface area contributed by atoms with Crippen molar-refractivity contribution in [2.24, 2.45) is 0 Å². The molecule has 0 saturated carbocycles. The number of nitrogens with one attached hydrogen (secondary N) is 1. The number of carbonyl (C=O) groups is 1. The molecule has 4 rings (SSSR count). The Morgan fingerprint density at radius 2 is 1.58 bits per heavy atom. The predicted octanol–water partition coefficient (Wildman–Crippen LogP) is 5.60. The van der Waals surface area contributed by atoms with E-state index in [9.17, 15) is 13.2 Å². The second-order valence-corrected chi connectivity index (χ2v) is 10.2. The highest BCUT2D eigenvalue weighted by Gasteiger charge is 2.22. The normalized spacial score (nSPS) is 11.5. The molecule has 1 N–H and O–H groups in total. The zero-order valence-corrected chi connectivity index (χ0v) is 19.5. The maximum absolute atomic E-state index is 13.2. The van der Waals surface area contributed by atoms with Crippen LogP contribution in [0.25, 0.3) is 10.9 Å². The van der Waals surface area contributed by atoms with Gasteiger partial charge in [-0.25, -0.2) is 8.42 Å². The fourth-order valence-corrected chi connectivity index (χ4v) is 5.54. The number of hydrogen-bond donors (Lipinski definition) is 1. The number of unbranched alkanes of at least 4 members (excludes halogenated alkanes) is 1. The lowest BCUT2D eigenvalue weighted by molar-refractivity contribution is -0.116. The summed E-state index contributed by atoms with van der Waals surface area (Å²) >= 11 is 0. The summed E-state index contributed by atoms with van der Waals surface area (Å²) in [7, 11) is -3.58. The summed E-state index contributed by atoms with van der Waals surface area (Å²) < 4.78 is 28.1. The van der Waals surface area contributed by atoms with Crippen molar-refractivity contribution < 1.29 is 13.2 Å². The first-order chi connectivity index (χ1) is 16.0. The Hall–Kier alpha value is -3.38. The lowest BCUT2D eigenvalue weighted by Gasteiger charge is -2.08. The third kappa shape index (κ3) is 5.52. The number of anilines is 1. The van der Waals surface area contributed by atoms with Gasteiger partial charge in [-0.2, -0.15) is 0 Å². The molecule has 0 saturated heterocycles. The van der Waals surface area contributed by atoms with Gasteiger partial charge < -0.3 is 9.88 Å². The molecule has 0 fully saturated rings. The number of aryl methyl sites for hydroxylation is 1. The fraction of sp³-hybridized carbons (Fsp3) is 0.222. The number of aromatic nitrogens is 1. The summed E-state index contributed by atoms with van der Waals surface area (Å²) in [5, 5.41) is 3.54. The number of amides is 1. The van der Waals surface area contributed by atoms with Crippen LogP contribution in [0.5, 0.6) is 0 Å². The minimum atomic E-state index is -3.58. The Kier molecular flexibility index (Phi) is 6.94. The average Bonchev–Trinajstić information content (AvgIpc) is 3.18. The van der Waals surface area contributed by atoms with Crippen molar-refractivity contribution in [3.63, 3.8) is 0 Å². The molecule has 4 aromatic rings. The van der Waals surface area contributed by atoms with Gasteiger partial charge in [0.05, 0.1) is 10.6 Å². The van der Waals surface area contributed by atoms with E-state index < -0.39 is 9.84 Å². The molecule has 0 unspecified atom stereocenters. The Labute approximate surface area is 195 Å². The van der Waals surface area contributed by atoms with Gasteiger partial charge in [0.25, 0.3) is 0 Å². The molecule has 0 bridgehead atoms. The van der Waals surface area contributed by atoms with Gasteiger partial charge in [0.2, 0.25) is 5.91 Å². The largest absolute Gasteiger partial charge is 0.337 e. The Bertz CT molecular complexity index is 1340. The summed E-state index contributed by atoms with van der Waals surface area (Å²) in [5.41, 5.74) is 3.43. The number of benzene rings is 3. The quantitative estimate of drug-likeness (QED) is 0.354. The molecule has 6 heteroatoms. The topological polar surface area (TPSA) is 68.2 Å². The summed E-state index contributed by atoms with van der Waals surface area (Å²) in [6.45, 7) is 2.19. The molecule has 0 atom stereocenters. The van der Waals surface area contributed by atoms with Crippen molar-refractivity contribution in [2.75, 3.05) is 5.32 Å². The lowest BCUT2D eigenvalue weighted by Crippen LogP contribution is -2.18. The predicted molar refractivity (Wildman–Crippen MR) is 133 cm³/mol. The van der Waals surface area contributed by atoms with Crippen LogP contribution in [-0.2, 0) is 33.4 Å². The van der Waals surface area contributed by atoms with Crippen LogP contribution < -0.4 is 5.32 Å². The van der Waals surface area contributed by atoms with Gasteiger partial charge >= 0.3 is 0 Å². The number of hydrogen-bond acceptors (Lipinski definition) is 3. The molecule has 1 aromatic heterocycles. The smallest absolute Gasteiger partial charge is 0.244 e. The molecule has 5 nitrogen and oxygen atoms in total. The molecule has 3 aromatic carbocycles. The minimum Gasteiger partial charge on any atom is -0.337 e. The second-order valence-electron chi connectivity index (χ2n) is 8.23. The lowest BCUT2D eigenvalue weighted by atomic mass is 10.1. The third-order valence-electron chi connectivity index (χ3n) is 5.66. The number of carbonyl (C=O) groups excluding carboxylic acids is 1. The number of fused-ring (bicyclic) bond motifs is 1. The van der Waals surface area contributed by atoms with E-state index in [1.807, 2.05) is 60.7 Å². The van der Waals surface area contributed by atoms with Gasteiger partial charge in [-0.15, -0.1) is 0 Å². The van der Waals surface area contributed by atoms with Crippen LogP contribution in [0, 0.1) is 0 Å². The van der Waals surface area contributed by atoms with E-state index in [-0.39, 0.29) is 23.1 Å². The highest BCUT2D eigenvalue weighted by molar-refractivity contribution is 7.90.